The molecule has 0 N–H and O–H groups in total. The minimum absolute atomic E-state index is 0.286. The highest BCUT2D eigenvalue weighted by atomic mass is 32.1. The van der Waals surface area contributed by atoms with Gasteiger partial charge in [0, 0.05) is 17.6 Å². The Bertz CT molecular complexity index is 659. The maximum absolute atomic E-state index is 4.91. The zero-order valence-corrected chi connectivity index (χ0v) is 8.82. The summed E-state index contributed by atoms with van der Waals surface area (Å²) in [4.78, 5) is 4.22. The summed E-state index contributed by atoms with van der Waals surface area (Å²) < 4.78 is 1.98. The van der Waals surface area contributed by atoms with E-state index in [0.29, 0.717) is 0 Å². The average molecular weight is 215 g/mol. The molecule has 0 aliphatic rings. The maximum atomic E-state index is 4.91. The molecule has 0 amide bonds. The third kappa shape index (κ3) is 1.10. The SMILES string of the molecule is Cn1c2ccccc2c2nnc([S-])nc21. The normalized spacial score (nSPS) is 11.3. The van der Waals surface area contributed by atoms with Gasteiger partial charge in [-0.3, -0.25) is 0 Å². The summed E-state index contributed by atoms with van der Waals surface area (Å²) in [6.07, 6.45) is 0. The summed E-state index contributed by atoms with van der Waals surface area (Å²) in [5.74, 6) is 0. The van der Waals surface area contributed by atoms with Gasteiger partial charge in [0.15, 0.2) is 5.65 Å². The van der Waals surface area contributed by atoms with Crippen LogP contribution in [0.15, 0.2) is 29.4 Å². The Hall–Kier alpha value is -1.75. The summed E-state index contributed by atoms with van der Waals surface area (Å²) in [5, 5.41) is 9.25. The van der Waals surface area contributed by atoms with E-state index < -0.39 is 0 Å². The van der Waals surface area contributed by atoms with Gasteiger partial charge in [0.05, 0.1) is 5.52 Å². The first-order valence-corrected chi connectivity index (χ1v) is 4.93. The quantitative estimate of drug-likeness (QED) is 0.532. The zero-order chi connectivity index (χ0) is 10.4. The number of aryl methyl sites for hydroxylation is 1. The van der Waals surface area contributed by atoms with E-state index in [4.69, 9.17) is 12.6 Å². The molecule has 1 aromatic carbocycles. The number of aromatic nitrogens is 4. The number of fused-ring (bicyclic) bond motifs is 3. The first-order valence-electron chi connectivity index (χ1n) is 4.52. The largest absolute Gasteiger partial charge is 0.738 e. The molecule has 0 saturated carbocycles. The second-order valence-corrected chi connectivity index (χ2v) is 3.71. The fraction of sp³-hybridized carbons (Fsp3) is 0.100. The summed E-state index contributed by atoms with van der Waals surface area (Å²) in [6, 6.07) is 8.01. The van der Waals surface area contributed by atoms with Crippen molar-refractivity contribution in [2.45, 2.75) is 5.16 Å². The van der Waals surface area contributed by atoms with Gasteiger partial charge < -0.3 is 17.2 Å². The lowest BCUT2D eigenvalue weighted by Gasteiger charge is -2.01. The van der Waals surface area contributed by atoms with E-state index in [1.54, 1.807) is 0 Å². The highest BCUT2D eigenvalue weighted by molar-refractivity contribution is 7.58. The molecule has 74 valence electrons. The van der Waals surface area contributed by atoms with E-state index >= 15 is 0 Å². The van der Waals surface area contributed by atoms with Crippen molar-refractivity contribution in [2.75, 3.05) is 0 Å². The molecule has 2 aromatic heterocycles. The van der Waals surface area contributed by atoms with Crippen LogP contribution < -0.4 is 0 Å². The zero-order valence-electron chi connectivity index (χ0n) is 8.01. The second kappa shape index (κ2) is 2.87. The summed E-state index contributed by atoms with van der Waals surface area (Å²) in [6.45, 7) is 0. The first kappa shape index (κ1) is 8.55. The monoisotopic (exact) mass is 215 g/mol. The Kier molecular flexibility index (Phi) is 1.63. The van der Waals surface area contributed by atoms with E-state index in [2.05, 4.69) is 15.2 Å². The smallest absolute Gasteiger partial charge is 0.161 e. The topological polar surface area (TPSA) is 43.6 Å². The molecule has 5 heteroatoms. The second-order valence-electron chi connectivity index (χ2n) is 3.34. The van der Waals surface area contributed by atoms with Crippen LogP contribution in [-0.4, -0.2) is 19.7 Å². The van der Waals surface area contributed by atoms with Crippen LogP contribution in [0, 0.1) is 0 Å². The van der Waals surface area contributed by atoms with Gasteiger partial charge in [-0.2, -0.15) is 5.10 Å². The molecule has 3 aromatic rings. The predicted octanol–water partition coefficient (Wildman–Crippen LogP) is 1.42. The van der Waals surface area contributed by atoms with Crippen molar-refractivity contribution in [3.05, 3.63) is 24.3 Å². The molecule has 3 rings (SSSR count). The van der Waals surface area contributed by atoms with Crippen LogP contribution in [0.1, 0.15) is 0 Å². The molecule has 2 heterocycles. The molecular weight excluding hydrogens is 208 g/mol. The lowest BCUT2D eigenvalue weighted by atomic mass is 10.2. The minimum atomic E-state index is 0.286. The molecule has 0 atom stereocenters. The molecule has 0 saturated heterocycles. The lowest BCUT2D eigenvalue weighted by molar-refractivity contribution is 0.858. The van der Waals surface area contributed by atoms with E-state index in [1.165, 1.54) is 0 Å². The van der Waals surface area contributed by atoms with Crippen molar-refractivity contribution in [3.8, 4) is 0 Å². The van der Waals surface area contributed by atoms with Gasteiger partial charge in [-0.25, -0.2) is 4.98 Å². The first-order chi connectivity index (χ1) is 7.27. The Morgan fingerprint density at radius 2 is 2.00 bits per heavy atom. The summed E-state index contributed by atoms with van der Waals surface area (Å²) >= 11 is 4.91. The molecular formula is C10H7N4S-. The molecule has 0 unspecified atom stereocenters. The van der Waals surface area contributed by atoms with E-state index in [1.807, 2.05) is 35.9 Å². The Labute approximate surface area is 91.4 Å². The van der Waals surface area contributed by atoms with Crippen LogP contribution in [0.5, 0.6) is 0 Å². The maximum Gasteiger partial charge on any atom is 0.161 e. The van der Waals surface area contributed by atoms with Crippen LogP contribution >= 0.6 is 0 Å². The van der Waals surface area contributed by atoms with Crippen molar-refractivity contribution in [1.29, 1.82) is 0 Å². The fourth-order valence-electron chi connectivity index (χ4n) is 1.79. The van der Waals surface area contributed by atoms with Gasteiger partial charge in [0.2, 0.25) is 0 Å². The van der Waals surface area contributed by atoms with Crippen molar-refractivity contribution in [3.63, 3.8) is 0 Å². The highest BCUT2D eigenvalue weighted by Crippen LogP contribution is 2.23. The Morgan fingerprint density at radius 3 is 2.87 bits per heavy atom. The Morgan fingerprint density at radius 1 is 1.20 bits per heavy atom. The fourth-order valence-corrected chi connectivity index (χ4v) is 1.92. The summed E-state index contributed by atoms with van der Waals surface area (Å²) in [7, 11) is 1.95. The number of hydrogen-bond donors (Lipinski definition) is 0. The van der Waals surface area contributed by atoms with E-state index in [0.717, 1.165) is 22.1 Å². The van der Waals surface area contributed by atoms with Crippen LogP contribution in [-0.2, 0) is 19.7 Å². The number of hydrogen-bond acceptors (Lipinski definition) is 4. The summed E-state index contributed by atoms with van der Waals surface area (Å²) in [5.41, 5.74) is 2.69. The van der Waals surface area contributed by atoms with Crippen molar-refractivity contribution >= 4 is 34.7 Å². The van der Waals surface area contributed by atoms with Crippen molar-refractivity contribution < 1.29 is 0 Å². The molecule has 4 nitrogen and oxygen atoms in total. The van der Waals surface area contributed by atoms with Gasteiger partial charge >= 0.3 is 0 Å². The third-order valence-electron chi connectivity index (χ3n) is 2.49. The standard InChI is InChI=1S/C10H8N4S/c1-14-7-5-3-2-4-6(7)8-9(14)11-10(15)13-12-8/h2-5H,1H3,(H,11,13,15)/p-1. The van der Waals surface area contributed by atoms with Crippen molar-refractivity contribution in [1.82, 2.24) is 19.7 Å². The average Bonchev–Trinajstić information content (AvgIpc) is 2.54. The number of rotatable bonds is 0. The number of nitrogens with zero attached hydrogens (tertiary/aromatic N) is 4. The van der Waals surface area contributed by atoms with Crippen molar-refractivity contribution in [2.24, 2.45) is 7.05 Å². The number of benzene rings is 1. The lowest BCUT2D eigenvalue weighted by Crippen LogP contribution is -1.94. The molecule has 0 bridgehead atoms. The van der Waals surface area contributed by atoms with Crippen LogP contribution in [0.2, 0.25) is 0 Å². The van der Waals surface area contributed by atoms with Gasteiger partial charge in [-0.15, -0.1) is 5.10 Å². The number of para-hydroxylation sites is 1. The van der Waals surface area contributed by atoms with Crippen LogP contribution in [0.25, 0.3) is 22.1 Å². The molecule has 0 spiro atoms. The van der Waals surface area contributed by atoms with Gasteiger partial charge in [-0.1, -0.05) is 18.2 Å². The minimum Gasteiger partial charge on any atom is -0.738 e. The Balaban J connectivity index is 2.63. The molecule has 0 aliphatic heterocycles. The van der Waals surface area contributed by atoms with Gasteiger partial charge in [0.25, 0.3) is 0 Å². The highest BCUT2D eigenvalue weighted by Gasteiger charge is 2.08. The molecule has 15 heavy (non-hydrogen) atoms. The van der Waals surface area contributed by atoms with E-state index in [-0.39, 0.29) is 5.16 Å². The molecule has 0 radical (unpaired) electrons. The van der Waals surface area contributed by atoms with Gasteiger partial charge in [0.1, 0.15) is 5.52 Å². The van der Waals surface area contributed by atoms with Crippen LogP contribution in [0.4, 0.5) is 0 Å². The molecule has 0 fully saturated rings. The predicted molar refractivity (Wildman–Crippen MR) is 59.4 cm³/mol. The van der Waals surface area contributed by atoms with Gasteiger partial charge in [-0.05, 0) is 6.07 Å². The molecule has 0 aliphatic carbocycles. The van der Waals surface area contributed by atoms with E-state index in [9.17, 15) is 0 Å². The van der Waals surface area contributed by atoms with Crippen LogP contribution in [0.3, 0.4) is 0 Å². The third-order valence-corrected chi connectivity index (χ3v) is 2.66.